The molecule has 0 aliphatic carbocycles. The number of nitriles is 1. The molecule has 34 heavy (non-hydrogen) atoms. The molecule has 0 spiro atoms. The van der Waals surface area contributed by atoms with Crippen molar-refractivity contribution in [2.75, 3.05) is 53.1 Å². The van der Waals surface area contributed by atoms with Gasteiger partial charge >= 0.3 is 0 Å². The highest BCUT2D eigenvalue weighted by Gasteiger charge is 2.17. The molecule has 0 bridgehead atoms. The van der Waals surface area contributed by atoms with Gasteiger partial charge in [0.2, 0.25) is 5.96 Å². The van der Waals surface area contributed by atoms with E-state index in [0.29, 0.717) is 23.9 Å². The Balaban J connectivity index is 3.17. The quantitative estimate of drug-likeness (QED) is 0.328. The molecule has 0 unspecified atom stereocenters. The number of nitrogens with one attached hydrogen (secondary N) is 2. The lowest BCUT2D eigenvalue weighted by atomic mass is 9.96. The van der Waals surface area contributed by atoms with Crippen LogP contribution in [0.15, 0.2) is 33.2 Å². The summed E-state index contributed by atoms with van der Waals surface area (Å²) in [5.41, 5.74) is 2.34. The summed E-state index contributed by atoms with van der Waals surface area (Å²) in [6, 6.07) is 7.62. The summed E-state index contributed by atoms with van der Waals surface area (Å²) in [6.07, 6.45) is 2.56. The van der Waals surface area contributed by atoms with Crippen molar-refractivity contribution in [1.82, 2.24) is 15.1 Å². The minimum atomic E-state index is -0.157. The van der Waals surface area contributed by atoms with Crippen molar-refractivity contribution in [3.05, 3.63) is 29.3 Å². The largest absolute Gasteiger partial charge is 0.362 e. The topological polar surface area (TPSA) is 108 Å². The minimum absolute atomic E-state index is 0.0478. The molecule has 0 aliphatic rings. The number of hydrogen-bond donors (Lipinski definition) is 2. The third-order valence-corrected chi connectivity index (χ3v) is 4.76. The Morgan fingerprint density at radius 2 is 1.94 bits per heavy atom. The molecule has 0 radical (unpaired) electrons. The lowest BCUT2D eigenvalue weighted by Crippen LogP contribution is -2.34. The molecule has 9 nitrogen and oxygen atoms in total. The number of carbonyl (C=O) groups is 1. The minimum Gasteiger partial charge on any atom is -0.362 e. The summed E-state index contributed by atoms with van der Waals surface area (Å²) in [7, 11) is 7.57. The molecule has 1 rings (SSSR count). The van der Waals surface area contributed by atoms with Crippen LogP contribution in [0.2, 0.25) is 0 Å². The molecule has 0 saturated carbocycles. The monoisotopic (exact) mass is 468 g/mol. The summed E-state index contributed by atoms with van der Waals surface area (Å²) < 4.78 is 0. The predicted octanol–water partition coefficient (Wildman–Crippen LogP) is 3.39. The summed E-state index contributed by atoms with van der Waals surface area (Å²) in [6.45, 7) is 10.6. The van der Waals surface area contributed by atoms with Crippen LogP contribution in [0.4, 0.5) is 5.69 Å². The van der Waals surface area contributed by atoms with Crippen molar-refractivity contribution >= 4 is 29.7 Å². The lowest BCUT2D eigenvalue weighted by molar-refractivity contribution is 0.0963. The fraction of sp³-hybridized carbons (Fsp3) is 0.560. The van der Waals surface area contributed by atoms with Gasteiger partial charge in [0, 0.05) is 38.4 Å². The Hall–Kier alpha value is -3.25. The van der Waals surface area contributed by atoms with E-state index in [2.05, 4.69) is 57.4 Å². The maximum atomic E-state index is 12.0. The Morgan fingerprint density at radius 1 is 1.24 bits per heavy atom. The number of carbonyl (C=O) groups excluding carboxylic acids is 1. The van der Waals surface area contributed by atoms with E-state index in [1.165, 1.54) is 6.34 Å². The highest BCUT2D eigenvalue weighted by molar-refractivity contribution is 6.01. The van der Waals surface area contributed by atoms with Crippen LogP contribution in [0, 0.1) is 23.7 Å². The van der Waals surface area contributed by atoms with Crippen molar-refractivity contribution in [3.8, 4) is 6.07 Å². The molecular weight excluding hydrogens is 428 g/mol. The number of benzene rings is 1. The molecule has 0 aromatic heterocycles. The van der Waals surface area contributed by atoms with E-state index in [9.17, 15) is 10.1 Å². The van der Waals surface area contributed by atoms with Crippen LogP contribution in [0.1, 0.15) is 49.5 Å². The van der Waals surface area contributed by atoms with Crippen LogP contribution in [0.5, 0.6) is 0 Å². The highest BCUT2D eigenvalue weighted by atomic mass is 16.1. The van der Waals surface area contributed by atoms with Crippen LogP contribution in [-0.2, 0) is 0 Å². The van der Waals surface area contributed by atoms with Gasteiger partial charge in [-0.05, 0) is 57.1 Å². The zero-order chi connectivity index (χ0) is 25.7. The van der Waals surface area contributed by atoms with Gasteiger partial charge in [-0.2, -0.15) is 10.3 Å². The van der Waals surface area contributed by atoms with Crippen LogP contribution in [-0.4, -0.2) is 81.7 Å². The first-order valence-corrected chi connectivity index (χ1v) is 11.4. The van der Waals surface area contributed by atoms with Crippen LogP contribution >= 0.6 is 0 Å². The number of hydrogen-bond acceptors (Lipinski definition) is 4. The summed E-state index contributed by atoms with van der Waals surface area (Å²) in [4.78, 5) is 29.7. The van der Waals surface area contributed by atoms with E-state index in [1.54, 1.807) is 19.2 Å². The first-order chi connectivity index (χ1) is 16.0. The average Bonchev–Trinajstić information content (AvgIpc) is 2.75. The molecule has 0 heterocycles. The number of aliphatic imine (C=N–C) groups is 3. The molecule has 2 N–H and O–H groups in total. The zero-order valence-corrected chi connectivity index (χ0v) is 21.9. The normalized spacial score (nSPS) is 12.7. The second kappa shape index (κ2) is 14.1. The number of aryl methyl sites for hydroxylation is 1. The third-order valence-electron chi connectivity index (χ3n) is 4.76. The fourth-order valence-corrected chi connectivity index (χ4v) is 3.14. The number of rotatable bonds is 9. The van der Waals surface area contributed by atoms with Crippen LogP contribution in [0.25, 0.3) is 0 Å². The third kappa shape index (κ3) is 11.1. The predicted molar refractivity (Wildman–Crippen MR) is 142 cm³/mol. The van der Waals surface area contributed by atoms with Crippen molar-refractivity contribution in [2.24, 2.45) is 20.4 Å². The van der Waals surface area contributed by atoms with Crippen molar-refractivity contribution in [1.29, 1.82) is 5.26 Å². The summed E-state index contributed by atoms with van der Waals surface area (Å²) in [5.74, 6) is 0.770. The van der Waals surface area contributed by atoms with E-state index in [4.69, 9.17) is 0 Å². The molecular formula is C25H40N8O. The number of amidine groups is 1. The Morgan fingerprint density at radius 3 is 2.53 bits per heavy atom. The second-order valence-corrected chi connectivity index (χ2v) is 9.63. The Labute approximate surface area is 204 Å². The smallest absolute Gasteiger partial charge is 0.251 e. The van der Waals surface area contributed by atoms with Gasteiger partial charge in [-0.15, -0.1) is 0 Å². The standard InChI is InChI=1S/C25H40N8O/c1-19-10-11-20(23(34)27-5)16-21(19)29-18-30-24(28-14-9-15-32(6)7)31-22(12-13-26)33(8)17-25(2,3)4/h10-11,16,18H,9,12,14-15,17H2,1-8H3,(H,27,34)(H,28,29,30). The molecule has 1 amide bonds. The molecule has 1 aromatic carbocycles. The molecule has 186 valence electrons. The molecule has 9 heteroatoms. The van der Waals surface area contributed by atoms with Gasteiger partial charge in [0.05, 0.1) is 18.8 Å². The first-order valence-electron chi connectivity index (χ1n) is 11.4. The highest BCUT2D eigenvalue weighted by Crippen LogP contribution is 2.17. The second-order valence-electron chi connectivity index (χ2n) is 9.63. The van der Waals surface area contributed by atoms with Crippen molar-refractivity contribution in [3.63, 3.8) is 0 Å². The van der Waals surface area contributed by atoms with Crippen LogP contribution in [0.3, 0.4) is 0 Å². The number of guanidine groups is 1. The maximum Gasteiger partial charge on any atom is 0.251 e. The van der Waals surface area contributed by atoms with E-state index >= 15 is 0 Å². The first kappa shape index (κ1) is 28.8. The summed E-state index contributed by atoms with van der Waals surface area (Å²) >= 11 is 0. The molecule has 1 aromatic rings. The zero-order valence-electron chi connectivity index (χ0n) is 21.9. The van der Waals surface area contributed by atoms with E-state index < -0.39 is 0 Å². The Bertz CT molecular complexity index is 935. The average molecular weight is 469 g/mol. The fourth-order valence-electron chi connectivity index (χ4n) is 3.14. The van der Waals surface area contributed by atoms with Gasteiger partial charge < -0.3 is 20.4 Å². The molecule has 0 aliphatic heterocycles. The van der Waals surface area contributed by atoms with Crippen molar-refractivity contribution < 1.29 is 4.79 Å². The number of nitrogens with zero attached hydrogens (tertiary/aromatic N) is 6. The SMILES string of the molecule is CNC(=O)c1ccc(C)c(NC=NC(=NCCCN(C)C)N=C(CC#N)N(C)CC(C)(C)C)c1. The van der Waals surface area contributed by atoms with Gasteiger partial charge in [0.1, 0.15) is 5.84 Å². The van der Waals surface area contributed by atoms with E-state index in [-0.39, 0.29) is 17.7 Å². The van der Waals surface area contributed by atoms with Gasteiger partial charge in [0.25, 0.3) is 5.91 Å². The van der Waals surface area contributed by atoms with E-state index in [0.717, 1.165) is 30.8 Å². The Kier molecular flexibility index (Phi) is 11.9. The van der Waals surface area contributed by atoms with Gasteiger partial charge in [0.15, 0.2) is 0 Å². The van der Waals surface area contributed by atoms with E-state index in [1.807, 2.05) is 39.0 Å². The molecule has 0 atom stereocenters. The van der Waals surface area contributed by atoms with Crippen LogP contribution < -0.4 is 10.6 Å². The maximum absolute atomic E-state index is 12.0. The van der Waals surface area contributed by atoms with Gasteiger partial charge in [-0.25, -0.2) is 9.98 Å². The molecule has 0 saturated heterocycles. The summed E-state index contributed by atoms with van der Waals surface area (Å²) in [5, 5.41) is 15.1. The van der Waals surface area contributed by atoms with Crippen molar-refractivity contribution in [2.45, 2.75) is 40.5 Å². The van der Waals surface area contributed by atoms with Gasteiger partial charge in [-0.1, -0.05) is 26.8 Å². The lowest BCUT2D eigenvalue weighted by Gasteiger charge is -2.28. The van der Waals surface area contributed by atoms with Gasteiger partial charge in [-0.3, -0.25) is 4.79 Å². The molecule has 0 fully saturated rings. The number of anilines is 1. The number of amides is 1.